The van der Waals surface area contributed by atoms with Gasteiger partial charge in [-0.2, -0.15) is 0 Å². The standard InChI is InChI=1S/C15H22N2OS2/c1-11(18)7-15(2,3)10-16-8-12-9-17-14(20-12)13-5-4-6-19-13/h4-6,9,11,16,18H,7-8,10H2,1-3H3. The molecule has 0 amide bonds. The highest BCUT2D eigenvalue weighted by Crippen LogP contribution is 2.29. The Bertz CT molecular complexity index is 518. The monoisotopic (exact) mass is 310 g/mol. The molecular formula is C15H22N2OS2. The van der Waals surface area contributed by atoms with Crippen LogP contribution in [0.15, 0.2) is 23.7 Å². The summed E-state index contributed by atoms with van der Waals surface area (Å²) in [6, 6.07) is 4.16. The van der Waals surface area contributed by atoms with Gasteiger partial charge in [0.1, 0.15) is 5.01 Å². The van der Waals surface area contributed by atoms with E-state index in [0.717, 1.165) is 24.5 Å². The predicted octanol–water partition coefficient (Wildman–Crippen LogP) is 3.76. The second-order valence-corrected chi connectivity index (χ2v) is 7.99. The highest BCUT2D eigenvalue weighted by Gasteiger charge is 2.19. The quantitative estimate of drug-likeness (QED) is 0.818. The Hall–Kier alpha value is -0.750. The summed E-state index contributed by atoms with van der Waals surface area (Å²) in [6.45, 7) is 7.93. The zero-order chi connectivity index (χ0) is 14.6. The van der Waals surface area contributed by atoms with E-state index in [1.807, 2.05) is 13.1 Å². The topological polar surface area (TPSA) is 45.1 Å². The van der Waals surface area contributed by atoms with E-state index in [-0.39, 0.29) is 11.5 Å². The molecule has 0 fully saturated rings. The molecule has 1 unspecified atom stereocenters. The van der Waals surface area contributed by atoms with Gasteiger partial charge >= 0.3 is 0 Å². The zero-order valence-corrected chi connectivity index (χ0v) is 13.9. The molecule has 2 rings (SSSR count). The molecule has 0 bridgehead atoms. The van der Waals surface area contributed by atoms with E-state index in [1.165, 1.54) is 9.75 Å². The third-order valence-electron chi connectivity index (χ3n) is 3.04. The van der Waals surface area contributed by atoms with Crippen molar-refractivity contribution in [2.45, 2.75) is 39.8 Å². The maximum Gasteiger partial charge on any atom is 0.133 e. The lowest BCUT2D eigenvalue weighted by molar-refractivity contribution is 0.128. The van der Waals surface area contributed by atoms with Crippen LogP contribution in [0.25, 0.3) is 9.88 Å². The molecule has 0 aliphatic heterocycles. The Morgan fingerprint density at radius 2 is 2.25 bits per heavy atom. The predicted molar refractivity (Wildman–Crippen MR) is 87.2 cm³/mol. The molecule has 2 N–H and O–H groups in total. The van der Waals surface area contributed by atoms with E-state index in [9.17, 15) is 5.11 Å². The van der Waals surface area contributed by atoms with Crippen molar-refractivity contribution in [3.63, 3.8) is 0 Å². The Balaban J connectivity index is 1.83. The molecule has 2 aromatic heterocycles. The van der Waals surface area contributed by atoms with Crippen molar-refractivity contribution in [2.75, 3.05) is 6.54 Å². The number of aliphatic hydroxyl groups is 1. The minimum absolute atomic E-state index is 0.107. The van der Waals surface area contributed by atoms with Gasteiger partial charge in [-0.1, -0.05) is 19.9 Å². The van der Waals surface area contributed by atoms with Gasteiger partial charge in [-0.25, -0.2) is 4.98 Å². The second-order valence-electron chi connectivity index (χ2n) is 5.93. The van der Waals surface area contributed by atoms with E-state index in [0.29, 0.717) is 0 Å². The number of hydrogen-bond donors (Lipinski definition) is 2. The number of aliphatic hydroxyl groups excluding tert-OH is 1. The van der Waals surface area contributed by atoms with Gasteiger partial charge in [-0.3, -0.25) is 0 Å². The normalized spacial score (nSPS) is 13.6. The molecule has 0 radical (unpaired) electrons. The zero-order valence-electron chi connectivity index (χ0n) is 12.2. The third kappa shape index (κ3) is 4.66. The Morgan fingerprint density at radius 3 is 2.90 bits per heavy atom. The molecule has 110 valence electrons. The molecule has 0 saturated heterocycles. The van der Waals surface area contributed by atoms with E-state index in [1.54, 1.807) is 22.7 Å². The summed E-state index contributed by atoms with van der Waals surface area (Å²) in [6.07, 6.45) is 2.51. The van der Waals surface area contributed by atoms with Crippen LogP contribution in [0.3, 0.4) is 0 Å². The first kappa shape index (κ1) is 15.6. The third-order valence-corrected chi connectivity index (χ3v) is 5.07. The summed E-state index contributed by atoms with van der Waals surface area (Å²) in [5.74, 6) is 0. The van der Waals surface area contributed by atoms with Crippen molar-refractivity contribution in [1.29, 1.82) is 0 Å². The summed E-state index contributed by atoms with van der Waals surface area (Å²) < 4.78 is 0. The van der Waals surface area contributed by atoms with Gasteiger partial charge in [-0.15, -0.1) is 22.7 Å². The fourth-order valence-corrected chi connectivity index (χ4v) is 3.99. The summed E-state index contributed by atoms with van der Waals surface area (Å²) in [4.78, 5) is 6.95. The summed E-state index contributed by atoms with van der Waals surface area (Å²) in [5, 5.41) is 16.1. The molecule has 20 heavy (non-hydrogen) atoms. The largest absolute Gasteiger partial charge is 0.393 e. The highest BCUT2D eigenvalue weighted by atomic mass is 32.1. The molecule has 0 aromatic carbocycles. The van der Waals surface area contributed by atoms with Gasteiger partial charge in [0.25, 0.3) is 0 Å². The van der Waals surface area contributed by atoms with Crippen molar-refractivity contribution < 1.29 is 5.11 Å². The molecule has 0 aliphatic carbocycles. The fourth-order valence-electron chi connectivity index (χ4n) is 2.30. The highest BCUT2D eigenvalue weighted by molar-refractivity contribution is 7.20. The van der Waals surface area contributed by atoms with Crippen molar-refractivity contribution in [2.24, 2.45) is 5.41 Å². The van der Waals surface area contributed by atoms with Crippen LogP contribution in [0.1, 0.15) is 32.1 Å². The molecule has 0 saturated carbocycles. The minimum atomic E-state index is -0.249. The Labute approximate surface area is 128 Å². The van der Waals surface area contributed by atoms with Crippen molar-refractivity contribution in [3.8, 4) is 9.88 Å². The molecule has 1 atom stereocenters. The maximum absolute atomic E-state index is 9.48. The molecular weight excluding hydrogens is 288 g/mol. The minimum Gasteiger partial charge on any atom is -0.393 e. The number of aromatic nitrogens is 1. The van der Waals surface area contributed by atoms with Crippen molar-refractivity contribution >= 4 is 22.7 Å². The summed E-state index contributed by atoms with van der Waals surface area (Å²) >= 11 is 3.47. The van der Waals surface area contributed by atoms with Gasteiger partial charge in [-0.05, 0) is 30.2 Å². The van der Waals surface area contributed by atoms with Gasteiger partial charge in [0, 0.05) is 24.2 Å². The molecule has 0 spiro atoms. The molecule has 0 aliphatic rings. The number of thiophene rings is 1. The van der Waals surface area contributed by atoms with Crippen LogP contribution in [0.5, 0.6) is 0 Å². The number of hydrogen-bond acceptors (Lipinski definition) is 5. The molecule has 3 nitrogen and oxygen atoms in total. The Morgan fingerprint density at radius 1 is 1.45 bits per heavy atom. The lowest BCUT2D eigenvalue weighted by Crippen LogP contribution is -2.31. The fraction of sp³-hybridized carbons (Fsp3) is 0.533. The number of nitrogens with one attached hydrogen (secondary N) is 1. The van der Waals surface area contributed by atoms with Gasteiger partial charge in [0.05, 0.1) is 11.0 Å². The van der Waals surface area contributed by atoms with E-state index < -0.39 is 0 Å². The van der Waals surface area contributed by atoms with Crippen LogP contribution >= 0.6 is 22.7 Å². The van der Waals surface area contributed by atoms with Crippen LogP contribution in [-0.2, 0) is 6.54 Å². The van der Waals surface area contributed by atoms with Crippen LogP contribution in [0.2, 0.25) is 0 Å². The summed E-state index contributed by atoms with van der Waals surface area (Å²) in [5.41, 5.74) is 0.107. The number of thiazole rings is 1. The average molecular weight is 310 g/mol. The van der Waals surface area contributed by atoms with Crippen molar-refractivity contribution in [3.05, 3.63) is 28.6 Å². The average Bonchev–Trinajstić information content (AvgIpc) is 2.96. The molecule has 2 heterocycles. The second kappa shape index (κ2) is 6.80. The van der Waals surface area contributed by atoms with Crippen molar-refractivity contribution in [1.82, 2.24) is 10.3 Å². The first-order valence-electron chi connectivity index (χ1n) is 6.84. The van der Waals surface area contributed by atoms with Crippen LogP contribution in [0.4, 0.5) is 0 Å². The van der Waals surface area contributed by atoms with E-state index in [4.69, 9.17) is 0 Å². The van der Waals surface area contributed by atoms with E-state index in [2.05, 4.69) is 41.7 Å². The van der Waals surface area contributed by atoms with Crippen LogP contribution in [0, 0.1) is 5.41 Å². The smallest absolute Gasteiger partial charge is 0.133 e. The SMILES string of the molecule is CC(O)CC(C)(C)CNCc1cnc(-c2cccs2)s1. The van der Waals surface area contributed by atoms with Crippen LogP contribution in [-0.4, -0.2) is 22.7 Å². The number of nitrogens with zero attached hydrogens (tertiary/aromatic N) is 1. The first-order valence-corrected chi connectivity index (χ1v) is 8.53. The number of rotatable bonds is 7. The van der Waals surface area contributed by atoms with E-state index >= 15 is 0 Å². The Kier molecular flexibility index (Phi) is 5.32. The summed E-state index contributed by atoms with van der Waals surface area (Å²) in [7, 11) is 0. The van der Waals surface area contributed by atoms with Gasteiger partial charge in [0.15, 0.2) is 0 Å². The molecule has 2 aromatic rings. The van der Waals surface area contributed by atoms with Crippen LogP contribution < -0.4 is 5.32 Å². The molecule has 5 heteroatoms. The lowest BCUT2D eigenvalue weighted by atomic mass is 9.87. The first-order chi connectivity index (χ1) is 9.46. The lowest BCUT2D eigenvalue weighted by Gasteiger charge is -2.26. The van der Waals surface area contributed by atoms with Gasteiger partial charge in [0.2, 0.25) is 0 Å². The maximum atomic E-state index is 9.48. The van der Waals surface area contributed by atoms with Gasteiger partial charge < -0.3 is 10.4 Å².